The van der Waals surface area contributed by atoms with Crippen LogP contribution < -0.4 is 5.32 Å². The van der Waals surface area contributed by atoms with Crippen molar-refractivity contribution in [2.45, 2.75) is 0 Å². The monoisotopic (exact) mass is 416 g/mol. The molecule has 0 fully saturated rings. The summed E-state index contributed by atoms with van der Waals surface area (Å²) in [7, 11) is 1.51. The molecule has 0 saturated carbocycles. The second kappa shape index (κ2) is 8.71. The second-order valence-corrected chi connectivity index (χ2v) is 6.70. The highest BCUT2D eigenvalue weighted by molar-refractivity contribution is 6.16. The zero-order valence-electron chi connectivity index (χ0n) is 16.6. The third kappa shape index (κ3) is 4.56. The molecule has 0 bridgehead atoms. The summed E-state index contributed by atoms with van der Waals surface area (Å²) < 4.78 is 32.0. The van der Waals surface area contributed by atoms with Crippen molar-refractivity contribution in [3.8, 4) is 0 Å². The van der Waals surface area contributed by atoms with Gasteiger partial charge in [-0.15, -0.1) is 0 Å². The first-order chi connectivity index (χ1) is 15.0. The zero-order valence-corrected chi connectivity index (χ0v) is 16.6. The van der Waals surface area contributed by atoms with Crippen molar-refractivity contribution in [2.24, 2.45) is 0 Å². The molecule has 0 saturated heterocycles. The fourth-order valence-corrected chi connectivity index (χ4v) is 3.12. The number of nitrogens with one attached hydrogen (secondary N) is 2. The fraction of sp³-hybridized carbons (Fsp3) is 0.0417. The standard InChI is InChI=1S/C24H18F2N4O/c1-31-23(15-2-5-17(25)6-3-15)20-14-16(4-11-21(20)27)22-12-13-28-24(30-22)29-19-9-7-18(26)8-10-19/h2-14,27H,1H3,(H,28,29,30)/b23-20-,27-21?. The first-order valence-electron chi connectivity index (χ1n) is 9.42. The van der Waals surface area contributed by atoms with Gasteiger partial charge in [-0.05, 0) is 66.7 Å². The molecule has 0 spiro atoms. The third-order valence-corrected chi connectivity index (χ3v) is 4.63. The van der Waals surface area contributed by atoms with Crippen molar-refractivity contribution in [3.63, 3.8) is 0 Å². The van der Waals surface area contributed by atoms with E-state index in [-0.39, 0.29) is 17.3 Å². The van der Waals surface area contributed by atoms with Gasteiger partial charge in [0.1, 0.15) is 17.4 Å². The molecule has 0 radical (unpaired) electrons. The highest BCUT2D eigenvalue weighted by atomic mass is 19.1. The minimum absolute atomic E-state index is 0.267. The first kappa shape index (κ1) is 20.2. The molecular formula is C24H18F2N4O. The highest BCUT2D eigenvalue weighted by Crippen LogP contribution is 2.29. The van der Waals surface area contributed by atoms with Crippen LogP contribution in [0.4, 0.5) is 20.4 Å². The van der Waals surface area contributed by atoms with E-state index < -0.39 is 0 Å². The summed E-state index contributed by atoms with van der Waals surface area (Å²) in [4.78, 5) is 8.74. The number of halogens is 2. The number of benzene rings is 2. The van der Waals surface area contributed by atoms with Crippen molar-refractivity contribution in [2.75, 3.05) is 12.4 Å². The Hall–Kier alpha value is -4.13. The normalized spacial score (nSPS) is 14.8. The lowest BCUT2D eigenvalue weighted by molar-refractivity contribution is 0.369. The Morgan fingerprint density at radius 3 is 2.29 bits per heavy atom. The van der Waals surface area contributed by atoms with Gasteiger partial charge in [-0.25, -0.2) is 18.7 Å². The Morgan fingerprint density at radius 1 is 0.935 bits per heavy atom. The van der Waals surface area contributed by atoms with Crippen LogP contribution in [0.25, 0.3) is 11.3 Å². The largest absolute Gasteiger partial charge is 0.495 e. The summed E-state index contributed by atoms with van der Waals surface area (Å²) >= 11 is 0. The van der Waals surface area contributed by atoms with Crippen LogP contribution in [-0.4, -0.2) is 22.8 Å². The number of hydrogen-bond donors (Lipinski definition) is 2. The summed E-state index contributed by atoms with van der Waals surface area (Å²) in [6, 6.07) is 13.6. The van der Waals surface area contributed by atoms with E-state index in [2.05, 4.69) is 15.3 Å². The molecule has 0 atom stereocenters. The van der Waals surface area contributed by atoms with E-state index in [1.54, 1.807) is 54.8 Å². The SMILES string of the molecule is CO/C(=C1/C=C(c2ccnc(Nc3ccc(F)cc3)n2)C=CC1=N)c1ccc(F)cc1. The molecule has 1 aliphatic rings. The number of ether oxygens (including phenoxy) is 1. The van der Waals surface area contributed by atoms with Crippen LogP contribution in [0.5, 0.6) is 0 Å². The molecule has 1 aliphatic carbocycles. The minimum Gasteiger partial charge on any atom is -0.495 e. The van der Waals surface area contributed by atoms with Crippen LogP contribution in [-0.2, 0) is 4.74 Å². The molecule has 5 nitrogen and oxygen atoms in total. The summed E-state index contributed by atoms with van der Waals surface area (Å²) in [5.41, 5.74) is 3.53. The van der Waals surface area contributed by atoms with E-state index in [9.17, 15) is 8.78 Å². The molecule has 31 heavy (non-hydrogen) atoms. The van der Waals surface area contributed by atoms with Gasteiger partial charge in [-0.3, -0.25) is 0 Å². The topological polar surface area (TPSA) is 70.9 Å². The van der Waals surface area contributed by atoms with Crippen molar-refractivity contribution in [1.29, 1.82) is 5.41 Å². The Labute approximate surface area is 178 Å². The average molecular weight is 416 g/mol. The van der Waals surface area contributed by atoms with Gasteiger partial charge in [0.15, 0.2) is 0 Å². The molecule has 0 aliphatic heterocycles. The van der Waals surface area contributed by atoms with E-state index in [0.29, 0.717) is 34.2 Å². The van der Waals surface area contributed by atoms with Crippen molar-refractivity contribution < 1.29 is 13.5 Å². The predicted molar refractivity (Wildman–Crippen MR) is 117 cm³/mol. The summed E-state index contributed by atoms with van der Waals surface area (Å²) in [6.45, 7) is 0. The molecule has 3 aromatic rings. The van der Waals surface area contributed by atoms with E-state index in [1.165, 1.54) is 31.4 Å². The number of allylic oxidation sites excluding steroid dienone is 5. The van der Waals surface area contributed by atoms with Gasteiger partial charge >= 0.3 is 0 Å². The Kier molecular flexibility index (Phi) is 5.66. The van der Waals surface area contributed by atoms with Crippen LogP contribution in [0.1, 0.15) is 11.3 Å². The maximum atomic E-state index is 13.3. The smallest absolute Gasteiger partial charge is 0.227 e. The van der Waals surface area contributed by atoms with E-state index in [4.69, 9.17) is 10.1 Å². The number of aromatic nitrogens is 2. The number of methoxy groups -OCH3 is 1. The maximum Gasteiger partial charge on any atom is 0.227 e. The number of hydrogen-bond acceptors (Lipinski definition) is 5. The Morgan fingerprint density at radius 2 is 1.61 bits per heavy atom. The summed E-state index contributed by atoms with van der Waals surface area (Å²) in [5, 5.41) is 11.4. The van der Waals surface area contributed by atoms with Gasteiger partial charge in [0.2, 0.25) is 5.95 Å². The fourth-order valence-electron chi connectivity index (χ4n) is 3.12. The lowest BCUT2D eigenvalue weighted by Gasteiger charge is -2.16. The average Bonchev–Trinajstić information content (AvgIpc) is 2.78. The van der Waals surface area contributed by atoms with Gasteiger partial charge in [-0.1, -0.05) is 6.08 Å². The van der Waals surface area contributed by atoms with Crippen LogP contribution in [0.3, 0.4) is 0 Å². The van der Waals surface area contributed by atoms with Gasteiger partial charge in [-0.2, -0.15) is 0 Å². The zero-order chi connectivity index (χ0) is 21.8. The molecule has 2 aromatic carbocycles. The van der Waals surface area contributed by atoms with Gasteiger partial charge in [0.25, 0.3) is 0 Å². The number of nitrogens with zero attached hydrogens (tertiary/aromatic N) is 2. The lowest BCUT2D eigenvalue weighted by Crippen LogP contribution is -2.07. The second-order valence-electron chi connectivity index (χ2n) is 6.70. The van der Waals surface area contributed by atoms with Gasteiger partial charge < -0.3 is 15.5 Å². The van der Waals surface area contributed by atoms with E-state index in [0.717, 1.165) is 5.57 Å². The van der Waals surface area contributed by atoms with Crippen molar-refractivity contribution in [3.05, 3.63) is 107 Å². The summed E-state index contributed by atoms with van der Waals surface area (Å²) in [6.07, 6.45) is 6.86. The molecule has 7 heteroatoms. The number of rotatable bonds is 5. The van der Waals surface area contributed by atoms with Crippen molar-refractivity contribution in [1.82, 2.24) is 9.97 Å². The van der Waals surface area contributed by atoms with Gasteiger partial charge in [0, 0.05) is 28.6 Å². The predicted octanol–water partition coefficient (Wildman–Crippen LogP) is 5.53. The molecule has 154 valence electrons. The van der Waals surface area contributed by atoms with Crippen LogP contribution >= 0.6 is 0 Å². The van der Waals surface area contributed by atoms with Crippen LogP contribution in [0.2, 0.25) is 0 Å². The first-order valence-corrected chi connectivity index (χ1v) is 9.42. The maximum absolute atomic E-state index is 13.3. The third-order valence-electron chi connectivity index (χ3n) is 4.63. The molecule has 1 aromatic heterocycles. The summed E-state index contributed by atoms with van der Waals surface area (Å²) in [5.74, 6) is 0.149. The number of anilines is 2. The molecule has 2 N–H and O–H groups in total. The minimum atomic E-state index is -0.346. The Bertz CT molecular complexity index is 1210. The van der Waals surface area contributed by atoms with Crippen molar-refractivity contribution >= 4 is 28.7 Å². The van der Waals surface area contributed by atoms with Crippen LogP contribution in [0, 0.1) is 17.0 Å². The molecular weight excluding hydrogens is 398 g/mol. The molecule has 4 rings (SSSR count). The van der Waals surface area contributed by atoms with E-state index >= 15 is 0 Å². The Balaban J connectivity index is 1.69. The van der Waals surface area contributed by atoms with Crippen LogP contribution in [0.15, 0.2) is 84.6 Å². The quantitative estimate of drug-likeness (QED) is 0.537. The molecule has 1 heterocycles. The highest BCUT2D eigenvalue weighted by Gasteiger charge is 2.17. The molecule has 0 amide bonds. The van der Waals surface area contributed by atoms with Gasteiger partial charge in [0.05, 0.1) is 18.5 Å². The van der Waals surface area contributed by atoms with E-state index in [1.807, 2.05) is 0 Å². The lowest BCUT2D eigenvalue weighted by atomic mass is 9.95. The molecule has 0 unspecified atom stereocenters.